The molecule has 1 atom stereocenters. The number of carbonyl (C=O) groups excluding carboxylic acids is 2. The third-order valence-corrected chi connectivity index (χ3v) is 10.2. The third kappa shape index (κ3) is 7.98. The van der Waals surface area contributed by atoms with Gasteiger partial charge in [0.05, 0.1) is 20.6 Å². The molecule has 11 heteroatoms. The predicted molar refractivity (Wildman–Crippen MR) is 169 cm³/mol. The summed E-state index contributed by atoms with van der Waals surface area (Å²) in [6.07, 6.45) is 5.00. The first-order valence-electron chi connectivity index (χ1n) is 13.8. The fraction of sp³-hybridized carbons (Fsp3) is 0.355. The zero-order valence-corrected chi connectivity index (χ0v) is 26.6. The molecule has 0 aliphatic heterocycles. The van der Waals surface area contributed by atoms with E-state index in [1.807, 2.05) is 13.0 Å². The Morgan fingerprint density at radius 1 is 0.929 bits per heavy atom. The SMILES string of the molecule is Cc1cccc(N(CC(=O)N(Cc2ccc(Cl)c(Cl)c2)C(C)C(=O)NC2CCCCC2)S(=O)(=O)c2ccc(Cl)cc2)c1. The highest BCUT2D eigenvalue weighted by molar-refractivity contribution is 7.92. The first kappa shape index (κ1) is 32.1. The summed E-state index contributed by atoms with van der Waals surface area (Å²) < 4.78 is 28.9. The van der Waals surface area contributed by atoms with Gasteiger partial charge in [-0.05, 0) is 86.3 Å². The minimum atomic E-state index is -4.18. The van der Waals surface area contributed by atoms with Crippen molar-refractivity contribution in [1.82, 2.24) is 10.2 Å². The first-order valence-corrected chi connectivity index (χ1v) is 16.4. The highest BCUT2D eigenvalue weighted by Crippen LogP contribution is 2.28. The molecule has 1 aliphatic carbocycles. The molecule has 1 N–H and O–H groups in total. The maximum Gasteiger partial charge on any atom is 0.264 e. The molecule has 3 aromatic carbocycles. The Hall–Kier alpha value is -2.78. The van der Waals surface area contributed by atoms with E-state index in [2.05, 4.69) is 5.32 Å². The van der Waals surface area contributed by atoms with Crippen LogP contribution in [0.25, 0.3) is 0 Å². The van der Waals surface area contributed by atoms with Crippen molar-refractivity contribution in [3.63, 3.8) is 0 Å². The number of amides is 2. The summed E-state index contributed by atoms with van der Waals surface area (Å²) in [6, 6.07) is 16.8. The number of sulfonamides is 1. The molecule has 0 radical (unpaired) electrons. The maximum atomic E-state index is 14.1. The number of nitrogens with one attached hydrogen (secondary N) is 1. The normalized spacial score (nSPS) is 14.7. The summed E-state index contributed by atoms with van der Waals surface area (Å²) in [5.74, 6) is -0.843. The van der Waals surface area contributed by atoms with E-state index in [1.54, 1.807) is 43.3 Å². The van der Waals surface area contributed by atoms with Crippen LogP contribution in [0.3, 0.4) is 0 Å². The lowest BCUT2D eigenvalue weighted by atomic mass is 9.95. The molecule has 1 aliphatic rings. The Bertz CT molecular complexity index is 1530. The molecule has 1 saturated carbocycles. The smallest absolute Gasteiger partial charge is 0.264 e. The van der Waals surface area contributed by atoms with Gasteiger partial charge in [-0.15, -0.1) is 0 Å². The van der Waals surface area contributed by atoms with Crippen molar-refractivity contribution in [3.8, 4) is 0 Å². The van der Waals surface area contributed by atoms with E-state index in [0.717, 1.165) is 42.0 Å². The molecule has 1 unspecified atom stereocenters. The number of benzene rings is 3. The predicted octanol–water partition coefficient (Wildman–Crippen LogP) is 7.02. The topological polar surface area (TPSA) is 86.8 Å². The average Bonchev–Trinajstić information content (AvgIpc) is 2.96. The van der Waals surface area contributed by atoms with Crippen molar-refractivity contribution in [3.05, 3.63) is 92.9 Å². The van der Waals surface area contributed by atoms with Crippen molar-refractivity contribution in [1.29, 1.82) is 0 Å². The Morgan fingerprint density at radius 2 is 1.62 bits per heavy atom. The molecular weight excluding hydrogens is 617 g/mol. The Labute approximate surface area is 262 Å². The van der Waals surface area contributed by atoms with E-state index in [1.165, 1.54) is 29.2 Å². The summed E-state index contributed by atoms with van der Waals surface area (Å²) in [7, 11) is -4.18. The van der Waals surface area contributed by atoms with Crippen molar-refractivity contribution >= 4 is 62.3 Å². The van der Waals surface area contributed by atoms with E-state index >= 15 is 0 Å². The van der Waals surface area contributed by atoms with Crippen LogP contribution in [0.4, 0.5) is 5.69 Å². The van der Waals surface area contributed by atoms with Crippen LogP contribution in [-0.4, -0.2) is 43.8 Å². The Kier molecular flexibility index (Phi) is 10.8. The highest BCUT2D eigenvalue weighted by Gasteiger charge is 2.33. The van der Waals surface area contributed by atoms with Gasteiger partial charge in [0.15, 0.2) is 0 Å². The van der Waals surface area contributed by atoms with Gasteiger partial charge in [-0.2, -0.15) is 0 Å². The molecule has 4 rings (SSSR count). The van der Waals surface area contributed by atoms with Gasteiger partial charge in [-0.3, -0.25) is 13.9 Å². The first-order chi connectivity index (χ1) is 20.0. The van der Waals surface area contributed by atoms with Crippen molar-refractivity contribution in [2.75, 3.05) is 10.8 Å². The Morgan fingerprint density at radius 3 is 2.26 bits per heavy atom. The Balaban J connectivity index is 1.69. The van der Waals surface area contributed by atoms with Crippen LogP contribution in [0.1, 0.15) is 50.2 Å². The van der Waals surface area contributed by atoms with Crippen molar-refractivity contribution < 1.29 is 18.0 Å². The standard InChI is InChI=1S/C31H34Cl3N3O4S/c1-21-7-6-10-26(17-21)37(42(40,41)27-14-12-24(32)13-15-27)20-30(38)36(19-23-11-16-28(33)29(34)18-23)22(2)31(39)35-25-8-4-3-5-9-25/h6-7,10-18,22,25H,3-5,8-9,19-20H2,1-2H3,(H,35,39). The number of rotatable bonds is 10. The van der Waals surface area contributed by atoms with Crippen LogP contribution in [0.2, 0.25) is 15.1 Å². The van der Waals surface area contributed by atoms with E-state index in [9.17, 15) is 18.0 Å². The van der Waals surface area contributed by atoms with Gasteiger partial charge >= 0.3 is 0 Å². The van der Waals surface area contributed by atoms with Crippen LogP contribution in [0.5, 0.6) is 0 Å². The molecule has 42 heavy (non-hydrogen) atoms. The second-order valence-corrected chi connectivity index (χ2v) is 13.7. The quantitative estimate of drug-likeness (QED) is 0.256. The van der Waals surface area contributed by atoms with Gasteiger partial charge < -0.3 is 10.2 Å². The van der Waals surface area contributed by atoms with Gasteiger partial charge in [0.2, 0.25) is 11.8 Å². The zero-order chi connectivity index (χ0) is 30.4. The molecule has 0 heterocycles. The van der Waals surface area contributed by atoms with E-state index in [4.69, 9.17) is 34.8 Å². The molecule has 3 aromatic rings. The second kappa shape index (κ2) is 14.1. The zero-order valence-electron chi connectivity index (χ0n) is 23.5. The van der Waals surface area contributed by atoms with E-state index in [-0.39, 0.29) is 23.4 Å². The summed E-state index contributed by atoms with van der Waals surface area (Å²) in [6.45, 7) is 2.99. The average molecular weight is 651 g/mol. The molecule has 7 nitrogen and oxygen atoms in total. The van der Waals surface area contributed by atoms with Crippen molar-refractivity contribution in [2.45, 2.75) is 69.5 Å². The highest BCUT2D eigenvalue weighted by atomic mass is 35.5. The van der Waals surface area contributed by atoms with Crippen LogP contribution < -0.4 is 9.62 Å². The fourth-order valence-electron chi connectivity index (χ4n) is 5.03. The van der Waals surface area contributed by atoms with Crippen LogP contribution >= 0.6 is 34.8 Å². The van der Waals surface area contributed by atoms with Crippen LogP contribution in [-0.2, 0) is 26.2 Å². The van der Waals surface area contributed by atoms with Crippen molar-refractivity contribution in [2.24, 2.45) is 0 Å². The molecule has 1 fully saturated rings. The summed E-state index contributed by atoms with van der Waals surface area (Å²) >= 11 is 18.4. The largest absolute Gasteiger partial charge is 0.352 e. The maximum absolute atomic E-state index is 14.1. The monoisotopic (exact) mass is 649 g/mol. The second-order valence-electron chi connectivity index (χ2n) is 10.6. The number of anilines is 1. The number of hydrogen-bond acceptors (Lipinski definition) is 4. The van der Waals surface area contributed by atoms with Gasteiger partial charge in [-0.25, -0.2) is 8.42 Å². The lowest BCUT2D eigenvalue weighted by molar-refractivity contribution is -0.139. The number of halogens is 3. The fourth-order valence-corrected chi connectivity index (χ4v) is 6.88. The molecule has 0 aromatic heterocycles. The molecular formula is C31H34Cl3N3O4S. The lowest BCUT2D eigenvalue weighted by Gasteiger charge is -2.33. The van der Waals surface area contributed by atoms with Gasteiger partial charge in [0, 0.05) is 17.6 Å². The number of nitrogens with zero attached hydrogens (tertiary/aromatic N) is 2. The third-order valence-electron chi connectivity index (χ3n) is 7.43. The molecule has 0 spiro atoms. The molecule has 2 amide bonds. The van der Waals surface area contributed by atoms with Crippen LogP contribution in [0, 0.1) is 6.92 Å². The summed E-state index contributed by atoms with van der Waals surface area (Å²) in [4.78, 5) is 28.9. The minimum Gasteiger partial charge on any atom is -0.352 e. The van der Waals surface area contributed by atoms with Crippen LogP contribution in [0.15, 0.2) is 71.6 Å². The van der Waals surface area contributed by atoms with Gasteiger partial charge in [-0.1, -0.05) is 72.3 Å². The summed E-state index contributed by atoms with van der Waals surface area (Å²) in [5.41, 5.74) is 1.80. The number of aryl methyl sites for hydroxylation is 1. The molecule has 224 valence electrons. The van der Waals surface area contributed by atoms with Gasteiger partial charge in [0.25, 0.3) is 10.0 Å². The molecule has 0 bridgehead atoms. The number of hydrogen-bond donors (Lipinski definition) is 1. The number of carbonyl (C=O) groups is 2. The van der Waals surface area contributed by atoms with E-state index in [0.29, 0.717) is 26.3 Å². The lowest BCUT2D eigenvalue weighted by Crippen LogP contribution is -2.53. The van der Waals surface area contributed by atoms with E-state index < -0.39 is 28.5 Å². The summed E-state index contributed by atoms with van der Waals surface area (Å²) in [5, 5.41) is 4.15. The minimum absolute atomic E-state index is 0.0136. The van der Waals surface area contributed by atoms with Gasteiger partial charge in [0.1, 0.15) is 12.6 Å². The molecule has 0 saturated heterocycles.